The Morgan fingerprint density at radius 3 is 1.43 bits per heavy atom. The first-order chi connectivity index (χ1) is 17.9. The van der Waals surface area contributed by atoms with Crippen LogP contribution in [0.2, 0.25) is 0 Å². The van der Waals surface area contributed by atoms with Gasteiger partial charge in [-0.2, -0.15) is 5.26 Å². The molecular formula is C39H67N. The average molecular weight is 550 g/mol. The first-order valence-corrected chi connectivity index (χ1v) is 16.0. The molecule has 3 saturated carbocycles. The summed E-state index contributed by atoms with van der Waals surface area (Å²) >= 11 is 0. The molecule has 0 amide bonds. The zero-order chi connectivity index (χ0) is 26.2. The van der Waals surface area contributed by atoms with Crippen molar-refractivity contribution >= 4 is 0 Å². The topological polar surface area (TPSA) is 23.8 Å². The lowest BCUT2D eigenvalue weighted by Crippen LogP contribution is -2.23. The van der Waals surface area contributed by atoms with Gasteiger partial charge in [-0.05, 0) is 137 Å². The van der Waals surface area contributed by atoms with Crippen LogP contribution in [0.4, 0.5) is 0 Å². The molecular weight excluding hydrogens is 482 g/mol. The van der Waals surface area contributed by atoms with Crippen LogP contribution >= 0.6 is 0 Å². The minimum atomic E-state index is 0. The van der Waals surface area contributed by atoms with Gasteiger partial charge in [0.05, 0.1) is 12.5 Å². The van der Waals surface area contributed by atoms with Crippen LogP contribution in [0, 0.1) is 60.7 Å². The fourth-order valence-electron chi connectivity index (χ4n) is 8.31. The van der Waals surface area contributed by atoms with E-state index in [-0.39, 0.29) is 22.3 Å². The van der Waals surface area contributed by atoms with Crippen LogP contribution in [0.5, 0.6) is 0 Å². The molecule has 0 heterocycles. The third kappa shape index (κ3) is 11.0. The van der Waals surface area contributed by atoms with Crippen molar-refractivity contribution in [1.29, 1.82) is 5.26 Å². The van der Waals surface area contributed by atoms with E-state index in [1.807, 2.05) is 0 Å². The normalized spacial score (nSPS) is 28.2. The van der Waals surface area contributed by atoms with Gasteiger partial charge in [-0.15, -0.1) is 0 Å². The molecule has 228 valence electrons. The van der Waals surface area contributed by atoms with Crippen molar-refractivity contribution in [2.75, 3.05) is 0 Å². The van der Waals surface area contributed by atoms with E-state index in [0.717, 1.165) is 35.5 Å². The molecule has 0 aliphatic heterocycles. The van der Waals surface area contributed by atoms with Crippen LogP contribution in [-0.2, 0) is 12.8 Å². The highest BCUT2D eigenvalue weighted by Gasteiger charge is 2.29. The maximum Gasteiger partial charge on any atom is 0.0669 e. The third-order valence-corrected chi connectivity index (χ3v) is 10.6. The number of benzene rings is 1. The Kier molecular flexibility index (Phi) is 16.5. The SMILES string of the molecule is C.C.C.CC(C)=CCC1CCC(CC2CCC(CC3CCC(Cc4cc(C)c(CC#N)c(C)c4)CC3)CC2)CC1. The quantitative estimate of drug-likeness (QED) is 0.281. The molecule has 0 bridgehead atoms. The lowest BCUT2D eigenvalue weighted by Gasteiger charge is -2.36. The van der Waals surface area contributed by atoms with Gasteiger partial charge < -0.3 is 0 Å². The Morgan fingerprint density at radius 2 is 1.05 bits per heavy atom. The fraction of sp³-hybridized carbons (Fsp3) is 0.769. The van der Waals surface area contributed by atoms with Crippen molar-refractivity contribution in [2.24, 2.45) is 35.5 Å². The summed E-state index contributed by atoms with van der Waals surface area (Å²) in [6.07, 6.45) is 26.5. The Bertz CT molecular complexity index is 882. The lowest BCUT2D eigenvalue weighted by molar-refractivity contribution is 0.164. The van der Waals surface area contributed by atoms with Gasteiger partial charge in [0.1, 0.15) is 0 Å². The monoisotopic (exact) mass is 550 g/mol. The second-order valence-corrected chi connectivity index (χ2v) is 13.9. The molecule has 3 aliphatic rings. The molecule has 40 heavy (non-hydrogen) atoms. The molecule has 0 saturated heterocycles. The van der Waals surface area contributed by atoms with Gasteiger partial charge in [0, 0.05) is 0 Å². The minimum Gasteiger partial charge on any atom is -0.198 e. The number of rotatable bonds is 9. The van der Waals surface area contributed by atoms with Gasteiger partial charge in [-0.1, -0.05) is 97.4 Å². The Balaban J connectivity index is 0.00000267. The molecule has 0 atom stereocenters. The first kappa shape index (κ1) is 36.5. The molecule has 0 unspecified atom stereocenters. The van der Waals surface area contributed by atoms with Crippen LogP contribution < -0.4 is 0 Å². The Morgan fingerprint density at radius 1 is 0.675 bits per heavy atom. The largest absolute Gasteiger partial charge is 0.198 e. The van der Waals surface area contributed by atoms with E-state index in [1.54, 1.807) is 6.42 Å². The summed E-state index contributed by atoms with van der Waals surface area (Å²) in [6.45, 7) is 8.86. The highest BCUT2D eigenvalue weighted by molar-refractivity contribution is 5.39. The van der Waals surface area contributed by atoms with E-state index in [4.69, 9.17) is 5.26 Å². The summed E-state index contributed by atoms with van der Waals surface area (Å²) in [5, 5.41) is 9.11. The molecule has 0 aromatic heterocycles. The van der Waals surface area contributed by atoms with Crippen molar-refractivity contribution in [3.63, 3.8) is 0 Å². The Hall–Kier alpha value is -1.55. The molecule has 0 radical (unpaired) electrons. The third-order valence-electron chi connectivity index (χ3n) is 10.6. The summed E-state index contributed by atoms with van der Waals surface area (Å²) in [6, 6.07) is 7.05. The number of hydrogen-bond acceptors (Lipinski definition) is 1. The van der Waals surface area contributed by atoms with Crippen LogP contribution in [0.25, 0.3) is 0 Å². The molecule has 0 N–H and O–H groups in total. The molecule has 3 aliphatic carbocycles. The number of nitriles is 1. The number of aryl methyl sites for hydroxylation is 2. The van der Waals surface area contributed by atoms with Crippen LogP contribution in [0.15, 0.2) is 23.8 Å². The van der Waals surface area contributed by atoms with E-state index >= 15 is 0 Å². The van der Waals surface area contributed by atoms with Gasteiger partial charge in [-0.25, -0.2) is 0 Å². The molecule has 1 nitrogen and oxygen atoms in total. The predicted molar refractivity (Wildman–Crippen MR) is 179 cm³/mol. The van der Waals surface area contributed by atoms with E-state index in [9.17, 15) is 0 Å². The zero-order valence-corrected chi connectivity index (χ0v) is 24.7. The number of nitrogens with zero attached hydrogens (tertiary/aromatic N) is 1. The van der Waals surface area contributed by atoms with Crippen LogP contribution in [-0.4, -0.2) is 0 Å². The molecule has 4 rings (SSSR count). The van der Waals surface area contributed by atoms with Crippen molar-refractivity contribution in [3.05, 3.63) is 46.0 Å². The molecule has 1 aromatic rings. The number of allylic oxidation sites excluding steroid dienone is 2. The van der Waals surface area contributed by atoms with E-state index < -0.39 is 0 Å². The first-order valence-electron chi connectivity index (χ1n) is 16.0. The van der Waals surface area contributed by atoms with E-state index in [0.29, 0.717) is 6.42 Å². The maximum absolute atomic E-state index is 9.11. The van der Waals surface area contributed by atoms with Crippen LogP contribution in [0.1, 0.15) is 155 Å². The van der Waals surface area contributed by atoms with Gasteiger partial charge in [0.25, 0.3) is 0 Å². The predicted octanol–water partition coefficient (Wildman–Crippen LogP) is 12.4. The minimum absolute atomic E-state index is 0. The summed E-state index contributed by atoms with van der Waals surface area (Å²) in [5.74, 6) is 5.93. The van der Waals surface area contributed by atoms with Crippen molar-refractivity contribution < 1.29 is 0 Å². The lowest BCUT2D eigenvalue weighted by atomic mass is 9.70. The second-order valence-electron chi connectivity index (χ2n) is 13.9. The van der Waals surface area contributed by atoms with Gasteiger partial charge in [-0.3, -0.25) is 0 Å². The summed E-state index contributed by atoms with van der Waals surface area (Å²) in [4.78, 5) is 0. The Labute approximate surface area is 251 Å². The van der Waals surface area contributed by atoms with E-state index in [1.165, 1.54) is 124 Å². The van der Waals surface area contributed by atoms with Crippen molar-refractivity contribution in [3.8, 4) is 6.07 Å². The van der Waals surface area contributed by atoms with Gasteiger partial charge in [0.15, 0.2) is 0 Å². The summed E-state index contributed by atoms with van der Waals surface area (Å²) in [7, 11) is 0. The van der Waals surface area contributed by atoms with Gasteiger partial charge in [0.2, 0.25) is 0 Å². The van der Waals surface area contributed by atoms with Crippen molar-refractivity contribution in [1.82, 2.24) is 0 Å². The molecule has 3 fully saturated rings. The smallest absolute Gasteiger partial charge is 0.0669 e. The maximum atomic E-state index is 9.11. The highest BCUT2D eigenvalue weighted by Crippen LogP contribution is 2.42. The molecule has 1 aromatic carbocycles. The summed E-state index contributed by atoms with van der Waals surface area (Å²) in [5.41, 5.74) is 6.87. The van der Waals surface area contributed by atoms with E-state index in [2.05, 4.69) is 52.0 Å². The molecule has 0 spiro atoms. The van der Waals surface area contributed by atoms with Crippen LogP contribution in [0.3, 0.4) is 0 Å². The van der Waals surface area contributed by atoms with Crippen molar-refractivity contribution in [2.45, 2.75) is 159 Å². The highest BCUT2D eigenvalue weighted by atomic mass is 14.3. The average Bonchev–Trinajstić information content (AvgIpc) is 2.88. The zero-order valence-electron chi connectivity index (χ0n) is 24.7. The van der Waals surface area contributed by atoms with Gasteiger partial charge >= 0.3 is 0 Å². The number of hydrogen-bond donors (Lipinski definition) is 0. The summed E-state index contributed by atoms with van der Waals surface area (Å²) < 4.78 is 0. The standard InChI is InChI=1S/C36H55N.3CH4/c1-26(2)5-6-29-7-9-30(10-8-29)23-31-11-13-32(14-12-31)24-33-15-17-34(18-16-33)25-35-21-27(3)36(19-20-37)28(4)22-35;;;/h5,21-22,29-34H,6-19,23-25H2,1-4H3;3*1H4. The molecule has 1 heteroatoms. The second kappa shape index (κ2) is 18.1. The fourth-order valence-corrected chi connectivity index (χ4v) is 8.31.